The van der Waals surface area contributed by atoms with Gasteiger partial charge in [0.25, 0.3) is 5.69 Å². The van der Waals surface area contributed by atoms with E-state index in [-0.39, 0.29) is 16.4 Å². The summed E-state index contributed by atoms with van der Waals surface area (Å²) in [7, 11) is 0. The summed E-state index contributed by atoms with van der Waals surface area (Å²) < 4.78 is 0. The maximum absolute atomic E-state index is 10.8. The molecule has 16 heavy (non-hydrogen) atoms. The van der Waals surface area contributed by atoms with Crippen LogP contribution in [0.2, 0.25) is 10.0 Å². The van der Waals surface area contributed by atoms with E-state index in [1.807, 2.05) is 13.8 Å². The van der Waals surface area contributed by atoms with E-state index < -0.39 is 4.92 Å². The number of benzene rings is 1. The molecule has 0 heterocycles. The molecule has 0 aliphatic heterocycles. The Labute approximate surface area is 104 Å². The lowest BCUT2D eigenvalue weighted by Crippen LogP contribution is -2.10. The van der Waals surface area contributed by atoms with Gasteiger partial charge in [-0.1, -0.05) is 37.0 Å². The summed E-state index contributed by atoms with van der Waals surface area (Å²) in [5.41, 5.74) is 0.225. The Kier molecular flexibility index (Phi) is 4.38. The molecule has 0 unspecified atom stereocenters. The highest BCUT2D eigenvalue weighted by atomic mass is 35.5. The largest absolute Gasteiger partial charge is 0.378 e. The summed E-state index contributed by atoms with van der Waals surface area (Å²) in [6.45, 7) is 4.59. The summed E-state index contributed by atoms with van der Waals surface area (Å²) in [4.78, 5) is 10.3. The fourth-order valence-electron chi connectivity index (χ4n) is 1.17. The molecule has 1 aromatic carbocycles. The zero-order chi connectivity index (χ0) is 12.3. The third-order valence-corrected chi connectivity index (χ3v) is 2.76. The first-order valence-corrected chi connectivity index (χ1v) is 5.55. The summed E-state index contributed by atoms with van der Waals surface area (Å²) in [5, 5.41) is 14.2. The molecule has 1 N–H and O–H groups in total. The van der Waals surface area contributed by atoms with Crippen molar-refractivity contribution >= 4 is 34.6 Å². The van der Waals surface area contributed by atoms with Gasteiger partial charge in [-0.25, -0.2) is 0 Å². The SMILES string of the molecule is CC(C)CNc1c([N+](=O)[O-])ccc(Cl)c1Cl. The van der Waals surface area contributed by atoms with Crippen LogP contribution in [0.25, 0.3) is 0 Å². The lowest BCUT2D eigenvalue weighted by atomic mass is 10.2. The first-order chi connectivity index (χ1) is 7.43. The zero-order valence-electron chi connectivity index (χ0n) is 8.96. The van der Waals surface area contributed by atoms with Crippen LogP contribution >= 0.6 is 23.2 Å². The Bertz CT molecular complexity index is 408. The Morgan fingerprint density at radius 2 is 2.06 bits per heavy atom. The monoisotopic (exact) mass is 262 g/mol. The minimum Gasteiger partial charge on any atom is -0.378 e. The molecule has 0 fully saturated rings. The van der Waals surface area contributed by atoms with Crippen LogP contribution in [0, 0.1) is 16.0 Å². The van der Waals surface area contributed by atoms with Gasteiger partial charge < -0.3 is 5.32 Å². The van der Waals surface area contributed by atoms with Crippen LogP contribution < -0.4 is 5.32 Å². The molecule has 0 bridgehead atoms. The molecule has 0 aromatic heterocycles. The Hall–Kier alpha value is -1.000. The fourth-order valence-corrected chi connectivity index (χ4v) is 1.55. The van der Waals surface area contributed by atoms with Crippen molar-refractivity contribution in [3.8, 4) is 0 Å². The second-order valence-corrected chi connectivity index (χ2v) is 4.57. The number of halogens is 2. The van der Waals surface area contributed by atoms with E-state index in [0.29, 0.717) is 17.5 Å². The van der Waals surface area contributed by atoms with Crippen LogP contribution in [-0.2, 0) is 0 Å². The fraction of sp³-hybridized carbons (Fsp3) is 0.400. The Morgan fingerprint density at radius 1 is 1.44 bits per heavy atom. The number of hydrogen-bond acceptors (Lipinski definition) is 3. The van der Waals surface area contributed by atoms with Crippen molar-refractivity contribution in [3.05, 3.63) is 32.3 Å². The number of nitrogens with zero attached hydrogens (tertiary/aromatic N) is 1. The molecule has 0 atom stereocenters. The Balaban J connectivity index is 3.11. The maximum Gasteiger partial charge on any atom is 0.293 e. The quantitative estimate of drug-likeness (QED) is 0.660. The molecule has 0 amide bonds. The van der Waals surface area contributed by atoms with Gasteiger partial charge in [0.05, 0.1) is 15.0 Å². The molecular weight excluding hydrogens is 251 g/mol. The molecule has 1 aromatic rings. The molecule has 0 aliphatic carbocycles. The first kappa shape index (κ1) is 13.1. The number of anilines is 1. The average Bonchev–Trinajstić information content (AvgIpc) is 2.19. The molecule has 0 radical (unpaired) electrons. The van der Waals surface area contributed by atoms with E-state index in [4.69, 9.17) is 23.2 Å². The number of hydrogen-bond donors (Lipinski definition) is 1. The van der Waals surface area contributed by atoms with Crippen molar-refractivity contribution < 1.29 is 4.92 Å². The molecule has 6 heteroatoms. The number of nitro benzene ring substituents is 1. The topological polar surface area (TPSA) is 55.2 Å². The van der Waals surface area contributed by atoms with Gasteiger partial charge in [-0.15, -0.1) is 0 Å². The lowest BCUT2D eigenvalue weighted by molar-refractivity contribution is -0.383. The Morgan fingerprint density at radius 3 is 2.56 bits per heavy atom. The normalized spacial score (nSPS) is 10.6. The van der Waals surface area contributed by atoms with E-state index >= 15 is 0 Å². The molecule has 0 saturated heterocycles. The van der Waals surface area contributed by atoms with Gasteiger partial charge in [-0.2, -0.15) is 0 Å². The third kappa shape index (κ3) is 3.00. The zero-order valence-corrected chi connectivity index (χ0v) is 10.5. The number of nitrogens with one attached hydrogen (secondary N) is 1. The average molecular weight is 263 g/mol. The standard InChI is InChI=1S/C10H12Cl2N2O2/c1-6(2)5-13-10-8(14(15)16)4-3-7(11)9(10)12/h3-4,6,13H,5H2,1-2H3. The van der Waals surface area contributed by atoms with Gasteiger partial charge in [-0.05, 0) is 12.0 Å². The summed E-state index contributed by atoms with van der Waals surface area (Å²) in [6, 6.07) is 2.76. The predicted octanol–water partition coefficient (Wildman–Crippen LogP) is 3.97. The van der Waals surface area contributed by atoms with Crippen LogP contribution in [0.3, 0.4) is 0 Å². The van der Waals surface area contributed by atoms with E-state index in [0.717, 1.165) is 0 Å². The smallest absolute Gasteiger partial charge is 0.293 e. The second-order valence-electron chi connectivity index (χ2n) is 3.79. The maximum atomic E-state index is 10.8. The predicted molar refractivity (Wildman–Crippen MR) is 66.4 cm³/mol. The van der Waals surface area contributed by atoms with Crippen LogP contribution in [0.1, 0.15) is 13.8 Å². The summed E-state index contributed by atoms with van der Waals surface area (Å²) in [5.74, 6) is 0.356. The van der Waals surface area contributed by atoms with Gasteiger partial charge >= 0.3 is 0 Å². The van der Waals surface area contributed by atoms with Crippen molar-refractivity contribution in [1.82, 2.24) is 0 Å². The van der Waals surface area contributed by atoms with Crippen molar-refractivity contribution in [2.45, 2.75) is 13.8 Å². The van der Waals surface area contributed by atoms with Crippen LogP contribution in [0.15, 0.2) is 12.1 Å². The highest BCUT2D eigenvalue weighted by molar-refractivity contribution is 6.44. The molecule has 0 spiro atoms. The molecular formula is C10H12Cl2N2O2. The van der Waals surface area contributed by atoms with Crippen molar-refractivity contribution in [1.29, 1.82) is 0 Å². The number of rotatable bonds is 4. The molecule has 4 nitrogen and oxygen atoms in total. The van der Waals surface area contributed by atoms with Gasteiger partial charge in [0.15, 0.2) is 0 Å². The molecule has 0 saturated carbocycles. The van der Waals surface area contributed by atoms with Crippen LogP contribution in [0.5, 0.6) is 0 Å². The van der Waals surface area contributed by atoms with Gasteiger partial charge in [0.1, 0.15) is 5.69 Å². The van der Waals surface area contributed by atoms with E-state index in [9.17, 15) is 10.1 Å². The van der Waals surface area contributed by atoms with Gasteiger partial charge in [-0.3, -0.25) is 10.1 Å². The molecule has 1 rings (SSSR count). The molecule has 88 valence electrons. The highest BCUT2D eigenvalue weighted by Crippen LogP contribution is 2.37. The third-order valence-electron chi connectivity index (χ3n) is 1.96. The van der Waals surface area contributed by atoms with E-state index in [1.165, 1.54) is 12.1 Å². The van der Waals surface area contributed by atoms with Crippen LogP contribution in [-0.4, -0.2) is 11.5 Å². The minimum atomic E-state index is -0.481. The van der Waals surface area contributed by atoms with Crippen molar-refractivity contribution in [2.24, 2.45) is 5.92 Å². The lowest BCUT2D eigenvalue weighted by Gasteiger charge is -2.11. The van der Waals surface area contributed by atoms with Crippen LogP contribution in [0.4, 0.5) is 11.4 Å². The number of nitro groups is 1. The first-order valence-electron chi connectivity index (χ1n) is 4.79. The summed E-state index contributed by atoms with van der Waals surface area (Å²) in [6.07, 6.45) is 0. The minimum absolute atomic E-state index is 0.0601. The molecule has 0 aliphatic rings. The van der Waals surface area contributed by atoms with Crippen molar-refractivity contribution in [2.75, 3.05) is 11.9 Å². The van der Waals surface area contributed by atoms with Gasteiger partial charge in [0, 0.05) is 12.6 Å². The second kappa shape index (κ2) is 5.37. The van der Waals surface area contributed by atoms with Gasteiger partial charge in [0.2, 0.25) is 0 Å². The summed E-state index contributed by atoms with van der Waals surface area (Å²) >= 11 is 11.7. The van der Waals surface area contributed by atoms with E-state index in [2.05, 4.69) is 5.32 Å². The highest BCUT2D eigenvalue weighted by Gasteiger charge is 2.19. The van der Waals surface area contributed by atoms with Crippen molar-refractivity contribution in [3.63, 3.8) is 0 Å². The van der Waals surface area contributed by atoms with E-state index in [1.54, 1.807) is 0 Å².